The Bertz CT molecular complexity index is 1060. The standard InChI is InChI=1S/C20H18N6O4/c27-18(23-17-4-2-1-3-16(17)19(28)22-14-7-8-14)11-30-20(29)13-5-9-15(10-6-13)26-12-21-24-25-26/h1-6,9-10,12,14H,7-8,11H2,(H,22,28)(H,23,27). The molecule has 1 fully saturated rings. The summed E-state index contributed by atoms with van der Waals surface area (Å²) in [7, 11) is 0. The second-order valence-electron chi connectivity index (χ2n) is 6.72. The van der Waals surface area contributed by atoms with Crippen molar-refractivity contribution in [1.82, 2.24) is 25.5 Å². The molecule has 3 aromatic rings. The van der Waals surface area contributed by atoms with Crippen LogP contribution in [0.25, 0.3) is 5.69 Å². The SMILES string of the molecule is O=C(COC(=O)c1ccc(-n2cnnn2)cc1)Nc1ccccc1C(=O)NC1CC1. The number of carbonyl (C=O) groups excluding carboxylic acids is 3. The molecule has 1 heterocycles. The molecular weight excluding hydrogens is 388 g/mol. The Morgan fingerprint density at radius 3 is 2.53 bits per heavy atom. The van der Waals surface area contributed by atoms with Crippen molar-refractivity contribution in [3.63, 3.8) is 0 Å². The van der Waals surface area contributed by atoms with E-state index in [4.69, 9.17) is 4.74 Å². The lowest BCUT2D eigenvalue weighted by Crippen LogP contribution is -2.28. The molecule has 30 heavy (non-hydrogen) atoms. The predicted octanol–water partition coefficient (Wildman–Crippen LogP) is 1.35. The van der Waals surface area contributed by atoms with Crippen molar-refractivity contribution < 1.29 is 19.1 Å². The summed E-state index contributed by atoms with van der Waals surface area (Å²) in [5, 5.41) is 16.3. The second kappa shape index (κ2) is 8.52. The number of aromatic nitrogens is 4. The van der Waals surface area contributed by atoms with E-state index in [1.54, 1.807) is 48.5 Å². The summed E-state index contributed by atoms with van der Waals surface area (Å²) >= 11 is 0. The lowest BCUT2D eigenvalue weighted by molar-refractivity contribution is -0.119. The highest BCUT2D eigenvalue weighted by atomic mass is 16.5. The fraction of sp³-hybridized carbons (Fsp3) is 0.200. The molecular formula is C20H18N6O4. The van der Waals surface area contributed by atoms with Crippen LogP contribution in [0.1, 0.15) is 33.6 Å². The van der Waals surface area contributed by atoms with Gasteiger partial charge in [-0.2, -0.15) is 0 Å². The molecule has 10 nitrogen and oxygen atoms in total. The first-order chi connectivity index (χ1) is 14.6. The largest absolute Gasteiger partial charge is 0.452 e. The molecule has 152 valence electrons. The Morgan fingerprint density at radius 2 is 1.83 bits per heavy atom. The van der Waals surface area contributed by atoms with Crippen LogP contribution in [0.15, 0.2) is 54.9 Å². The van der Waals surface area contributed by atoms with Crippen molar-refractivity contribution in [3.8, 4) is 5.69 Å². The van der Waals surface area contributed by atoms with E-state index < -0.39 is 18.5 Å². The van der Waals surface area contributed by atoms with Crippen LogP contribution >= 0.6 is 0 Å². The maximum Gasteiger partial charge on any atom is 0.338 e. The first kappa shape index (κ1) is 19.2. The number of rotatable bonds is 7. The van der Waals surface area contributed by atoms with E-state index in [2.05, 4.69) is 26.2 Å². The maximum atomic E-state index is 12.3. The van der Waals surface area contributed by atoms with Gasteiger partial charge in [-0.15, -0.1) is 5.10 Å². The number of carbonyl (C=O) groups is 3. The van der Waals surface area contributed by atoms with Crippen LogP contribution in [0.3, 0.4) is 0 Å². The fourth-order valence-corrected chi connectivity index (χ4v) is 2.71. The quantitative estimate of drug-likeness (QED) is 0.567. The lowest BCUT2D eigenvalue weighted by atomic mass is 10.1. The zero-order valence-corrected chi connectivity index (χ0v) is 15.8. The summed E-state index contributed by atoms with van der Waals surface area (Å²) < 4.78 is 6.51. The van der Waals surface area contributed by atoms with Crippen LogP contribution in [-0.2, 0) is 9.53 Å². The van der Waals surface area contributed by atoms with E-state index in [1.165, 1.54) is 11.0 Å². The Hall–Kier alpha value is -4.08. The zero-order valence-electron chi connectivity index (χ0n) is 15.8. The van der Waals surface area contributed by atoms with Gasteiger partial charge in [-0.05, 0) is 59.7 Å². The number of hydrogen-bond donors (Lipinski definition) is 2. The van der Waals surface area contributed by atoms with Gasteiger partial charge in [-0.3, -0.25) is 9.59 Å². The van der Waals surface area contributed by atoms with Crippen LogP contribution in [0.2, 0.25) is 0 Å². The molecule has 4 rings (SSSR count). The molecule has 0 bridgehead atoms. The minimum atomic E-state index is -0.645. The van der Waals surface area contributed by atoms with Gasteiger partial charge in [0.1, 0.15) is 6.33 Å². The molecule has 1 aliphatic carbocycles. The van der Waals surface area contributed by atoms with Crippen LogP contribution in [0, 0.1) is 0 Å². The number of anilines is 1. The molecule has 0 atom stereocenters. The average Bonchev–Trinajstić information content (AvgIpc) is 3.40. The van der Waals surface area contributed by atoms with Gasteiger partial charge in [0.05, 0.1) is 22.5 Å². The van der Waals surface area contributed by atoms with Crippen LogP contribution in [0.4, 0.5) is 5.69 Å². The van der Waals surface area contributed by atoms with Crippen molar-refractivity contribution >= 4 is 23.5 Å². The number of benzene rings is 2. The second-order valence-corrected chi connectivity index (χ2v) is 6.72. The van der Waals surface area contributed by atoms with Gasteiger partial charge in [0.25, 0.3) is 11.8 Å². The predicted molar refractivity (Wildman–Crippen MR) is 105 cm³/mol. The lowest BCUT2D eigenvalue weighted by Gasteiger charge is -2.11. The minimum Gasteiger partial charge on any atom is -0.452 e. The summed E-state index contributed by atoms with van der Waals surface area (Å²) in [5.41, 5.74) is 1.68. The van der Waals surface area contributed by atoms with Gasteiger partial charge < -0.3 is 15.4 Å². The molecule has 1 aromatic heterocycles. The Morgan fingerprint density at radius 1 is 1.07 bits per heavy atom. The molecule has 0 spiro atoms. The highest BCUT2D eigenvalue weighted by molar-refractivity contribution is 6.04. The summed E-state index contributed by atoms with van der Waals surface area (Å²) in [6, 6.07) is 13.3. The van der Waals surface area contributed by atoms with Gasteiger partial charge >= 0.3 is 5.97 Å². The normalized spacial score (nSPS) is 12.8. The highest BCUT2D eigenvalue weighted by Crippen LogP contribution is 2.21. The topological polar surface area (TPSA) is 128 Å². The van der Waals surface area contributed by atoms with Gasteiger partial charge in [-0.25, -0.2) is 9.48 Å². The van der Waals surface area contributed by atoms with Crippen LogP contribution in [-0.4, -0.2) is 50.6 Å². The fourth-order valence-electron chi connectivity index (χ4n) is 2.71. The Kier molecular flexibility index (Phi) is 5.46. The number of tetrazole rings is 1. The molecule has 2 aromatic carbocycles. The zero-order chi connectivity index (χ0) is 20.9. The van der Waals surface area contributed by atoms with Crippen molar-refractivity contribution in [2.75, 3.05) is 11.9 Å². The third kappa shape index (κ3) is 4.66. The summed E-state index contributed by atoms with van der Waals surface area (Å²) in [4.78, 5) is 36.7. The van der Waals surface area contributed by atoms with Crippen molar-refractivity contribution in [1.29, 1.82) is 0 Å². The molecule has 0 unspecified atom stereocenters. The smallest absolute Gasteiger partial charge is 0.338 e. The minimum absolute atomic E-state index is 0.203. The summed E-state index contributed by atoms with van der Waals surface area (Å²) in [5.74, 6) is -1.43. The first-order valence-corrected chi connectivity index (χ1v) is 9.30. The molecule has 1 aliphatic rings. The summed E-state index contributed by atoms with van der Waals surface area (Å²) in [6.07, 6.45) is 3.36. The van der Waals surface area contributed by atoms with E-state index in [0.29, 0.717) is 16.9 Å². The maximum absolute atomic E-state index is 12.3. The summed E-state index contributed by atoms with van der Waals surface area (Å²) in [6.45, 7) is -0.480. The average molecular weight is 406 g/mol. The molecule has 2 amide bonds. The molecule has 10 heteroatoms. The Labute approximate surface area is 171 Å². The van der Waals surface area contributed by atoms with Crippen molar-refractivity contribution in [2.24, 2.45) is 0 Å². The number of nitrogens with one attached hydrogen (secondary N) is 2. The Balaban J connectivity index is 1.32. The van der Waals surface area contributed by atoms with Gasteiger partial charge in [0.15, 0.2) is 6.61 Å². The molecule has 1 saturated carbocycles. The molecule has 2 N–H and O–H groups in total. The third-order valence-electron chi connectivity index (χ3n) is 4.41. The van der Waals surface area contributed by atoms with Gasteiger partial charge in [-0.1, -0.05) is 12.1 Å². The molecule has 0 radical (unpaired) electrons. The van der Waals surface area contributed by atoms with Gasteiger partial charge in [0, 0.05) is 6.04 Å². The monoisotopic (exact) mass is 406 g/mol. The van der Waals surface area contributed by atoms with Crippen LogP contribution in [0.5, 0.6) is 0 Å². The number of nitrogens with zero attached hydrogens (tertiary/aromatic N) is 4. The number of hydrogen-bond acceptors (Lipinski definition) is 7. The molecule has 0 saturated heterocycles. The number of para-hydroxylation sites is 1. The van der Waals surface area contributed by atoms with E-state index in [9.17, 15) is 14.4 Å². The molecule has 0 aliphatic heterocycles. The highest BCUT2D eigenvalue weighted by Gasteiger charge is 2.25. The number of ether oxygens (including phenoxy) is 1. The van der Waals surface area contributed by atoms with E-state index in [1.807, 2.05) is 0 Å². The van der Waals surface area contributed by atoms with Gasteiger partial charge in [0.2, 0.25) is 0 Å². The van der Waals surface area contributed by atoms with E-state index in [0.717, 1.165) is 12.8 Å². The third-order valence-corrected chi connectivity index (χ3v) is 4.41. The van der Waals surface area contributed by atoms with Crippen LogP contribution < -0.4 is 10.6 Å². The number of esters is 1. The number of amides is 2. The van der Waals surface area contributed by atoms with E-state index >= 15 is 0 Å². The first-order valence-electron chi connectivity index (χ1n) is 9.30. The van der Waals surface area contributed by atoms with E-state index in [-0.39, 0.29) is 17.5 Å². The van der Waals surface area contributed by atoms with Crippen molar-refractivity contribution in [2.45, 2.75) is 18.9 Å². The van der Waals surface area contributed by atoms with Crippen molar-refractivity contribution in [3.05, 3.63) is 66.0 Å².